The number of benzene rings is 1. The number of hydrogen-bond donors (Lipinski definition) is 4. The Bertz CT molecular complexity index is 1030. The average Bonchev–Trinajstić information content (AvgIpc) is 3.10. The molecule has 0 aliphatic heterocycles. The van der Waals surface area contributed by atoms with Crippen LogP contribution in [0.15, 0.2) is 24.5 Å². The Kier molecular flexibility index (Phi) is 6.12. The van der Waals surface area contributed by atoms with Gasteiger partial charge < -0.3 is 25.4 Å². The van der Waals surface area contributed by atoms with Gasteiger partial charge in [-0.3, -0.25) is 0 Å². The zero-order valence-electron chi connectivity index (χ0n) is 17.9. The molecule has 1 aromatic carbocycles. The fourth-order valence-corrected chi connectivity index (χ4v) is 2.87. The van der Waals surface area contributed by atoms with Crippen LogP contribution >= 0.6 is 0 Å². The lowest BCUT2D eigenvalue weighted by molar-refractivity contribution is 0.0303. The van der Waals surface area contributed by atoms with Crippen molar-refractivity contribution in [2.45, 2.75) is 52.8 Å². The third-order valence-electron chi connectivity index (χ3n) is 5.24. The van der Waals surface area contributed by atoms with Gasteiger partial charge in [0, 0.05) is 30.6 Å². The maximum Gasteiger partial charge on any atom is 0.226 e. The number of halogens is 1. The van der Waals surface area contributed by atoms with Crippen LogP contribution in [0.1, 0.15) is 46.2 Å². The minimum atomic E-state index is -0.840. The van der Waals surface area contributed by atoms with Crippen LogP contribution in [0.5, 0.6) is 5.75 Å². The van der Waals surface area contributed by atoms with E-state index < -0.39 is 11.4 Å². The van der Waals surface area contributed by atoms with Crippen molar-refractivity contribution in [3.8, 4) is 5.75 Å². The van der Waals surface area contributed by atoms with Crippen LogP contribution in [0.4, 0.5) is 16.2 Å². The molecule has 0 aliphatic rings. The predicted octanol–water partition coefficient (Wildman–Crippen LogP) is 3.68. The van der Waals surface area contributed by atoms with Crippen molar-refractivity contribution in [1.82, 2.24) is 19.5 Å². The number of rotatable bonds is 8. The monoisotopic (exact) mass is 416 g/mol. The van der Waals surface area contributed by atoms with E-state index in [0.717, 1.165) is 0 Å². The Morgan fingerprint density at radius 1 is 1.17 bits per heavy atom. The zero-order chi connectivity index (χ0) is 22.1. The molecular weight excluding hydrogens is 387 g/mol. The number of aromatic hydroxyl groups is 1. The minimum absolute atomic E-state index is 0.000685. The number of nitrogens with one attached hydrogen (secondary N) is 2. The summed E-state index contributed by atoms with van der Waals surface area (Å²) in [6.45, 7) is 10.2. The molecule has 0 saturated heterocycles. The van der Waals surface area contributed by atoms with Crippen LogP contribution in [0, 0.1) is 11.7 Å². The van der Waals surface area contributed by atoms with E-state index in [9.17, 15) is 14.6 Å². The van der Waals surface area contributed by atoms with Gasteiger partial charge in [-0.2, -0.15) is 9.97 Å². The smallest absolute Gasteiger partial charge is 0.226 e. The fourth-order valence-electron chi connectivity index (χ4n) is 2.87. The Balaban J connectivity index is 1.92. The number of nitrogens with zero attached hydrogens (tertiary/aromatic N) is 4. The van der Waals surface area contributed by atoms with Crippen LogP contribution in [0.2, 0.25) is 0 Å². The summed E-state index contributed by atoms with van der Waals surface area (Å²) in [6, 6.07) is 3.95. The molecule has 0 radical (unpaired) electrons. The van der Waals surface area contributed by atoms with Crippen molar-refractivity contribution in [2.24, 2.45) is 5.92 Å². The highest BCUT2D eigenvalue weighted by molar-refractivity contribution is 5.84. The molecule has 1 unspecified atom stereocenters. The Morgan fingerprint density at radius 2 is 1.90 bits per heavy atom. The first-order chi connectivity index (χ1) is 14.1. The molecule has 3 rings (SSSR count). The summed E-state index contributed by atoms with van der Waals surface area (Å²) in [7, 11) is 0. The second-order valence-corrected chi connectivity index (χ2v) is 8.38. The second kappa shape index (κ2) is 8.43. The normalized spacial score (nSPS) is 13.1. The van der Waals surface area contributed by atoms with Gasteiger partial charge in [0.15, 0.2) is 17.0 Å². The number of aliphatic hydroxyl groups is 1. The Labute approximate surface area is 175 Å². The molecule has 4 N–H and O–H groups in total. The van der Waals surface area contributed by atoms with Gasteiger partial charge in [0.2, 0.25) is 5.95 Å². The molecule has 30 heavy (non-hydrogen) atoms. The number of hydrogen-bond acceptors (Lipinski definition) is 7. The van der Waals surface area contributed by atoms with E-state index in [1.807, 2.05) is 25.3 Å². The first kappa shape index (κ1) is 21.8. The summed E-state index contributed by atoms with van der Waals surface area (Å²) in [5.74, 6) is 0.407. The van der Waals surface area contributed by atoms with E-state index in [1.54, 1.807) is 20.2 Å². The summed E-state index contributed by atoms with van der Waals surface area (Å²) in [5.41, 5.74) is 0.813. The fraction of sp³-hybridized carbons (Fsp3) is 0.476. The highest BCUT2D eigenvalue weighted by Crippen LogP contribution is 2.26. The number of phenols is 1. The van der Waals surface area contributed by atoms with Crippen molar-refractivity contribution >= 4 is 22.9 Å². The summed E-state index contributed by atoms with van der Waals surface area (Å²) in [4.78, 5) is 13.6. The number of fused-ring (bicyclic) bond motifs is 1. The van der Waals surface area contributed by atoms with Gasteiger partial charge in [0.25, 0.3) is 0 Å². The van der Waals surface area contributed by atoms with Gasteiger partial charge in [-0.25, -0.2) is 9.37 Å². The van der Waals surface area contributed by atoms with Crippen molar-refractivity contribution in [1.29, 1.82) is 0 Å². The summed E-state index contributed by atoms with van der Waals surface area (Å²) in [5, 5.41) is 26.5. The van der Waals surface area contributed by atoms with E-state index in [1.165, 1.54) is 18.2 Å². The van der Waals surface area contributed by atoms with Gasteiger partial charge in [0.1, 0.15) is 11.6 Å². The summed E-state index contributed by atoms with van der Waals surface area (Å²) >= 11 is 0. The Hall–Kier alpha value is -2.94. The average molecular weight is 417 g/mol. The number of anilines is 2. The van der Waals surface area contributed by atoms with E-state index >= 15 is 0 Å². The molecule has 2 aromatic heterocycles. The maximum atomic E-state index is 13.5. The SMILES string of the molecule is CC(C)n1cnc2c(NCc3cc(F)ccc3O)nc(NCC(C)C(C)(C)O)nc21. The van der Waals surface area contributed by atoms with E-state index in [4.69, 9.17) is 0 Å². The molecule has 1 atom stereocenters. The highest BCUT2D eigenvalue weighted by atomic mass is 19.1. The van der Waals surface area contributed by atoms with Gasteiger partial charge >= 0.3 is 0 Å². The first-order valence-corrected chi connectivity index (χ1v) is 9.98. The molecule has 9 heteroatoms. The van der Waals surface area contributed by atoms with Crippen molar-refractivity contribution < 1.29 is 14.6 Å². The lowest BCUT2D eigenvalue weighted by Crippen LogP contribution is -2.33. The molecular formula is C21H29FN6O2. The van der Waals surface area contributed by atoms with Crippen LogP contribution < -0.4 is 10.6 Å². The molecule has 162 valence electrons. The second-order valence-electron chi connectivity index (χ2n) is 8.38. The summed E-state index contributed by atoms with van der Waals surface area (Å²) < 4.78 is 15.5. The topological polar surface area (TPSA) is 108 Å². The zero-order valence-corrected chi connectivity index (χ0v) is 17.9. The number of imidazole rings is 1. The molecule has 0 spiro atoms. The number of phenolic OH excluding ortho intramolecular Hbond substituents is 1. The number of aromatic nitrogens is 4. The van der Waals surface area contributed by atoms with Crippen molar-refractivity contribution in [3.05, 3.63) is 35.9 Å². The van der Waals surface area contributed by atoms with Gasteiger partial charge in [-0.15, -0.1) is 0 Å². The van der Waals surface area contributed by atoms with Crippen LogP contribution in [-0.2, 0) is 6.54 Å². The lowest BCUT2D eigenvalue weighted by atomic mass is 9.93. The van der Waals surface area contributed by atoms with Gasteiger partial charge in [-0.05, 0) is 45.9 Å². The van der Waals surface area contributed by atoms with Crippen LogP contribution in [0.3, 0.4) is 0 Å². The predicted molar refractivity (Wildman–Crippen MR) is 115 cm³/mol. The largest absolute Gasteiger partial charge is 0.508 e. The lowest BCUT2D eigenvalue weighted by Gasteiger charge is -2.26. The molecule has 0 amide bonds. The van der Waals surface area contributed by atoms with Crippen LogP contribution in [0.25, 0.3) is 11.2 Å². The maximum absolute atomic E-state index is 13.5. The molecule has 0 aliphatic carbocycles. The Morgan fingerprint density at radius 3 is 2.57 bits per heavy atom. The molecule has 2 heterocycles. The van der Waals surface area contributed by atoms with Crippen LogP contribution in [-0.4, -0.2) is 41.9 Å². The quantitative estimate of drug-likeness (QED) is 0.444. The molecule has 0 bridgehead atoms. The van der Waals surface area contributed by atoms with E-state index in [2.05, 4.69) is 25.6 Å². The molecule has 0 saturated carbocycles. The third kappa shape index (κ3) is 4.79. The van der Waals surface area contributed by atoms with Gasteiger partial charge in [0.05, 0.1) is 11.9 Å². The van der Waals surface area contributed by atoms with Gasteiger partial charge in [-0.1, -0.05) is 6.92 Å². The summed E-state index contributed by atoms with van der Waals surface area (Å²) in [6.07, 6.45) is 1.71. The van der Waals surface area contributed by atoms with Crippen molar-refractivity contribution in [3.63, 3.8) is 0 Å². The molecule has 0 fully saturated rings. The third-order valence-corrected chi connectivity index (χ3v) is 5.24. The standard InChI is InChI=1S/C21H29FN6O2/c1-12(2)28-11-25-17-18(23-10-14-8-15(22)6-7-16(14)29)26-20(27-19(17)28)24-9-13(3)21(4,5)30/h6-8,11-13,29-30H,9-10H2,1-5H3,(H2,23,24,26,27). The van der Waals surface area contributed by atoms with E-state index in [-0.39, 0.29) is 24.3 Å². The van der Waals surface area contributed by atoms with E-state index in [0.29, 0.717) is 35.0 Å². The first-order valence-electron chi connectivity index (χ1n) is 9.98. The molecule has 8 nitrogen and oxygen atoms in total. The van der Waals surface area contributed by atoms with Crippen molar-refractivity contribution in [2.75, 3.05) is 17.2 Å². The minimum Gasteiger partial charge on any atom is -0.508 e. The highest BCUT2D eigenvalue weighted by Gasteiger charge is 2.23. The molecule has 3 aromatic rings.